The molecule has 3 saturated heterocycles. The van der Waals surface area contributed by atoms with Crippen molar-refractivity contribution >= 4 is 11.7 Å². The number of carbonyl (C=O) groups is 1. The third kappa shape index (κ3) is 3.97. The second-order valence-electron chi connectivity index (χ2n) is 9.16. The van der Waals surface area contributed by atoms with E-state index >= 15 is 0 Å². The molecule has 9 heteroatoms. The highest BCUT2D eigenvalue weighted by Crippen LogP contribution is 2.38. The molecule has 0 bridgehead atoms. The van der Waals surface area contributed by atoms with Gasteiger partial charge in [0.2, 0.25) is 5.91 Å². The summed E-state index contributed by atoms with van der Waals surface area (Å²) < 4.78 is 0. The van der Waals surface area contributed by atoms with Gasteiger partial charge in [0.1, 0.15) is 5.82 Å². The van der Waals surface area contributed by atoms with Crippen LogP contribution in [0, 0.1) is 5.92 Å². The molecule has 2 aromatic rings. The van der Waals surface area contributed by atoms with Crippen molar-refractivity contribution in [3.05, 3.63) is 54.0 Å². The van der Waals surface area contributed by atoms with Gasteiger partial charge in [-0.3, -0.25) is 15.2 Å². The Kier molecular flexibility index (Phi) is 5.81. The molecule has 3 fully saturated rings. The number of fused-ring (bicyclic) bond motifs is 1. The van der Waals surface area contributed by atoms with Gasteiger partial charge in [0.15, 0.2) is 0 Å². The van der Waals surface area contributed by atoms with Crippen LogP contribution in [0.1, 0.15) is 42.6 Å². The van der Waals surface area contributed by atoms with E-state index in [-0.39, 0.29) is 11.9 Å². The first-order chi connectivity index (χ1) is 15.6. The molecule has 32 heavy (non-hydrogen) atoms. The quantitative estimate of drug-likeness (QED) is 0.467. The van der Waals surface area contributed by atoms with Gasteiger partial charge in [0, 0.05) is 57.1 Å². The smallest absolute Gasteiger partial charge is 0.239 e. The molecule has 5 rings (SSSR count). The lowest BCUT2D eigenvalue weighted by Crippen LogP contribution is -2.59. The number of hydrogen-bond donors (Lipinski definition) is 5. The van der Waals surface area contributed by atoms with E-state index in [1.165, 1.54) is 5.56 Å². The predicted octanol–water partition coefficient (Wildman–Crippen LogP) is 0.389. The van der Waals surface area contributed by atoms with Crippen LogP contribution in [0.4, 0.5) is 5.82 Å². The van der Waals surface area contributed by atoms with Crippen LogP contribution in [0.25, 0.3) is 0 Å². The average molecular weight is 437 g/mol. The number of hydrogen-bond acceptors (Lipinski definition) is 8. The summed E-state index contributed by atoms with van der Waals surface area (Å²) in [5.74, 6) is 1.29. The fourth-order valence-corrected chi connectivity index (χ4v) is 5.30. The number of carbonyl (C=O) groups excluding carboxylic acids is 1. The Bertz CT molecular complexity index is 946. The van der Waals surface area contributed by atoms with Gasteiger partial charge in [-0.15, -0.1) is 0 Å². The molecule has 3 aliphatic rings. The van der Waals surface area contributed by atoms with Crippen LogP contribution < -0.4 is 32.1 Å². The number of rotatable bonds is 4. The predicted molar refractivity (Wildman–Crippen MR) is 123 cm³/mol. The summed E-state index contributed by atoms with van der Waals surface area (Å²) in [7, 11) is 1.64. The fraction of sp³-hybridized carbons (Fsp3) is 0.522. The maximum absolute atomic E-state index is 12.1. The van der Waals surface area contributed by atoms with Crippen molar-refractivity contribution in [3.63, 3.8) is 0 Å². The van der Waals surface area contributed by atoms with Crippen molar-refractivity contribution in [1.29, 1.82) is 0 Å². The lowest BCUT2D eigenvalue weighted by atomic mass is 9.81. The minimum absolute atomic E-state index is 0.0831. The Balaban J connectivity index is 1.30. The van der Waals surface area contributed by atoms with Crippen LogP contribution in [0.5, 0.6) is 0 Å². The molecular formula is C23H32N8O. The number of aromatic nitrogens is 2. The monoisotopic (exact) mass is 436 g/mol. The molecular weight excluding hydrogens is 404 g/mol. The van der Waals surface area contributed by atoms with Crippen LogP contribution in [-0.2, 0) is 4.79 Å². The molecule has 0 aliphatic carbocycles. The van der Waals surface area contributed by atoms with Gasteiger partial charge < -0.3 is 21.3 Å². The third-order valence-electron chi connectivity index (χ3n) is 7.28. The number of piperidine rings is 2. The van der Waals surface area contributed by atoms with Gasteiger partial charge in [-0.25, -0.2) is 10.4 Å². The minimum Gasteiger partial charge on any atom is -0.358 e. The lowest BCUT2D eigenvalue weighted by molar-refractivity contribution is -0.126. The molecule has 170 valence electrons. The van der Waals surface area contributed by atoms with Gasteiger partial charge in [0.05, 0.1) is 17.3 Å². The highest BCUT2D eigenvalue weighted by Gasteiger charge is 2.42. The zero-order chi connectivity index (χ0) is 22.1. The number of likely N-dealkylation sites (N-methyl/N-ethyl adjacent to an activating group) is 1. The van der Waals surface area contributed by atoms with E-state index in [2.05, 4.69) is 49.6 Å². The van der Waals surface area contributed by atoms with Crippen LogP contribution >= 0.6 is 0 Å². The molecule has 5 heterocycles. The summed E-state index contributed by atoms with van der Waals surface area (Å²) in [6, 6.07) is 11.2. The number of nitrogens with two attached hydrogens (primary N) is 1. The molecule has 0 aromatic carbocycles. The zero-order valence-corrected chi connectivity index (χ0v) is 18.4. The topological polar surface area (TPSA) is 120 Å². The average Bonchev–Trinajstić information content (AvgIpc) is 3.28. The normalized spacial score (nSPS) is 29.4. The Morgan fingerprint density at radius 2 is 2.06 bits per heavy atom. The summed E-state index contributed by atoms with van der Waals surface area (Å²) in [5, 5.41) is 6.34. The summed E-state index contributed by atoms with van der Waals surface area (Å²) >= 11 is 0. The zero-order valence-electron chi connectivity index (χ0n) is 18.4. The molecule has 9 nitrogen and oxygen atoms in total. The van der Waals surface area contributed by atoms with E-state index < -0.39 is 5.54 Å². The first-order valence-electron chi connectivity index (χ1n) is 11.4. The molecule has 2 aromatic heterocycles. The number of nitrogens with one attached hydrogen (secondary N) is 4. The molecule has 4 unspecified atom stereocenters. The number of anilines is 1. The van der Waals surface area contributed by atoms with E-state index in [0.29, 0.717) is 30.8 Å². The highest BCUT2D eigenvalue weighted by atomic mass is 16.2. The molecule has 0 saturated carbocycles. The van der Waals surface area contributed by atoms with Crippen molar-refractivity contribution < 1.29 is 4.79 Å². The van der Waals surface area contributed by atoms with E-state index in [1.54, 1.807) is 7.05 Å². The van der Waals surface area contributed by atoms with Crippen molar-refractivity contribution in [2.24, 2.45) is 11.7 Å². The molecule has 4 atom stereocenters. The largest absolute Gasteiger partial charge is 0.358 e. The van der Waals surface area contributed by atoms with Crippen molar-refractivity contribution in [2.75, 3.05) is 31.6 Å². The number of nitrogens with zero attached hydrogens (tertiary/aromatic N) is 3. The van der Waals surface area contributed by atoms with E-state index in [1.807, 2.05) is 24.5 Å². The second-order valence-corrected chi connectivity index (χ2v) is 9.16. The maximum Gasteiger partial charge on any atom is 0.239 e. The van der Waals surface area contributed by atoms with E-state index in [0.717, 1.165) is 37.6 Å². The number of hydrazine groups is 1. The van der Waals surface area contributed by atoms with Gasteiger partial charge in [-0.2, -0.15) is 0 Å². The number of pyridine rings is 2. The molecule has 0 radical (unpaired) electrons. The maximum atomic E-state index is 12.1. The van der Waals surface area contributed by atoms with Crippen molar-refractivity contribution in [3.8, 4) is 0 Å². The molecule has 0 spiro atoms. The van der Waals surface area contributed by atoms with Gasteiger partial charge in [-0.05, 0) is 43.0 Å². The first-order valence-corrected chi connectivity index (χ1v) is 11.4. The Morgan fingerprint density at radius 3 is 2.81 bits per heavy atom. The number of amides is 1. The Morgan fingerprint density at radius 1 is 1.22 bits per heavy atom. The van der Waals surface area contributed by atoms with Crippen molar-refractivity contribution in [2.45, 2.75) is 42.9 Å². The first kappa shape index (κ1) is 21.3. The van der Waals surface area contributed by atoms with Crippen LogP contribution in [0.2, 0.25) is 0 Å². The van der Waals surface area contributed by atoms with Crippen LogP contribution in [0.15, 0.2) is 42.7 Å². The Hall–Kier alpha value is -2.59. The fourth-order valence-electron chi connectivity index (χ4n) is 5.30. The SMILES string of the molecule is CNC(=O)C1(N)CCN(c2cccc(C3NNC4CNC(c5cccnc5)CC43)n2)CC1. The minimum atomic E-state index is -0.788. The van der Waals surface area contributed by atoms with Gasteiger partial charge in [0.25, 0.3) is 0 Å². The third-order valence-corrected chi connectivity index (χ3v) is 7.28. The molecule has 6 N–H and O–H groups in total. The summed E-state index contributed by atoms with van der Waals surface area (Å²) in [6.07, 6.45) is 6.01. The molecule has 1 amide bonds. The van der Waals surface area contributed by atoms with Crippen LogP contribution in [0.3, 0.4) is 0 Å². The highest BCUT2D eigenvalue weighted by molar-refractivity contribution is 5.86. The second kappa shape index (κ2) is 8.74. The summed E-state index contributed by atoms with van der Waals surface area (Å²) in [4.78, 5) is 23.7. The van der Waals surface area contributed by atoms with Crippen molar-refractivity contribution in [1.82, 2.24) is 31.5 Å². The Labute approximate surface area is 188 Å². The van der Waals surface area contributed by atoms with E-state index in [4.69, 9.17) is 10.7 Å². The van der Waals surface area contributed by atoms with Crippen LogP contribution in [-0.4, -0.2) is 54.1 Å². The van der Waals surface area contributed by atoms with E-state index in [9.17, 15) is 4.79 Å². The van der Waals surface area contributed by atoms with Gasteiger partial charge >= 0.3 is 0 Å². The standard InChI is InChI=1S/C23H32N8O/c1-25-22(32)23(24)7-10-31(11-8-23)20-6-2-5-17(28-20)21-16-12-18(15-4-3-9-26-13-15)27-14-19(16)29-30-21/h2-6,9,13,16,18-19,21,27,29-30H,7-8,10-12,14,24H2,1H3,(H,25,32). The lowest BCUT2D eigenvalue weighted by Gasteiger charge is -2.38. The summed E-state index contributed by atoms with van der Waals surface area (Å²) in [5.41, 5.74) is 14.8. The molecule has 3 aliphatic heterocycles. The summed E-state index contributed by atoms with van der Waals surface area (Å²) in [6.45, 7) is 2.34. The van der Waals surface area contributed by atoms with Gasteiger partial charge in [-0.1, -0.05) is 12.1 Å².